The highest BCUT2D eigenvalue weighted by atomic mass is 35.5. The second-order valence-corrected chi connectivity index (χ2v) is 6.03. The maximum Gasteiger partial charge on any atom is 0.222 e. The lowest BCUT2D eigenvalue weighted by Gasteiger charge is -2.29. The van der Waals surface area contributed by atoms with Gasteiger partial charge in [0.05, 0.1) is 0 Å². The van der Waals surface area contributed by atoms with Crippen LogP contribution in [-0.2, 0) is 11.2 Å². The molecule has 1 aromatic heterocycles. The third-order valence-electron chi connectivity index (χ3n) is 2.85. The normalized spacial score (nSPS) is 10.9. The maximum atomic E-state index is 11.9. The smallest absolute Gasteiger partial charge is 0.222 e. The van der Waals surface area contributed by atoms with Crippen molar-refractivity contribution >= 4 is 29.7 Å². The molecule has 0 radical (unpaired) electrons. The number of hydrogen-bond acceptors (Lipinski definition) is 3. The third kappa shape index (κ3) is 5.85. The molecule has 0 spiro atoms. The van der Waals surface area contributed by atoms with Crippen molar-refractivity contribution in [2.45, 2.75) is 26.7 Å². The van der Waals surface area contributed by atoms with Gasteiger partial charge in [-0.25, -0.2) is 0 Å². The Morgan fingerprint density at radius 1 is 1.50 bits per heavy atom. The molecule has 5 heteroatoms. The first kappa shape index (κ1) is 17.4. The number of nitrogens with zero attached hydrogens (tertiary/aromatic N) is 1. The summed E-state index contributed by atoms with van der Waals surface area (Å²) in [6.07, 6.45) is 1.41. The van der Waals surface area contributed by atoms with Crippen LogP contribution in [0, 0.1) is 5.41 Å². The van der Waals surface area contributed by atoms with Crippen molar-refractivity contribution in [3.05, 3.63) is 22.4 Å². The van der Waals surface area contributed by atoms with Crippen molar-refractivity contribution in [2.24, 2.45) is 11.1 Å². The van der Waals surface area contributed by atoms with Crippen molar-refractivity contribution in [2.75, 3.05) is 20.1 Å². The molecule has 1 amide bonds. The van der Waals surface area contributed by atoms with Gasteiger partial charge in [-0.3, -0.25) is 4.79 Å². The van der Waals surface area contributed by atoms with E-state index >= 15 is 0 Å². The Balaban J connectivity index is 0.00000289. The first-order valence-corrected chi connectivity index (χ1v) is 6.84. The lowest BCUT2D eigenvalue weighted by Crippen LogP contribution is -2.39. The van der Waals surface area contributed by atoms with Crippen LogP contribution in [0.1, 0.15) is 25.8 Å². The quantitative estimate of drug-likeness (QED) is 0.875. The topological polar surface area (TPSA) is 46.3 Å². The fourth-order valence-electron chi connectivity index (χ4n) is 1.67. The van der Waals surface area contributed by atoms with Gasteiger partial charge in [-0.1, -0.05) is 13.8 Å². The van der Waals surface area contributed by atoms with Crippen molar-refractivity contribution in [1.82, 2.24) is 4.90 Å². The first-order valence-electron chi connectivity index (χ1n) is 5.90. The van der Waals surface area contributed by atoms with Crippen LogP contribution in [0.4, 0.5) is 0 Å². The van der Waals surface area contributed by atoms with E-state index in [0.29, 0.717) is 19.5 Å². The van der Waals surface area contributed by atoms with Gasteiger partial charge in [0.25, 0.3) is 0 Å². The fraction of sp³-hybridized carbons (Fsp3) is 0.615. The van der Waals surface area contributed by atoms with Crippen LogP contribution in [0.3, 0.4) is 0 Å². The maximum absolute atomic E-state index is 11.9. The number of thiophene rings is 1. The summed E-state index contributed by atoms with van der Waals surface area (Å²) in [4.78, 5) is 13.7. The molecule has 18 heavy (non-hydrogen) atoms. The lowest BCUT2D eigenvalue weighted by molar-refractivity contribution is -0.131. The molecule has 3 nitrogen and oxygen atoms in total. The SMILES string of the molecule is CN(CC(C)(C)CN)C(=O)CCc1ccsc1.Cl. The van der Waals surface area contributed by atoms with E-state index < -0.39 is 0 Å². The number of nitrogens with two attached hydrogens (primary N) is 1. The predicted octanol–water partition coefficient (Wildman–Crippen LogP) is 2.55. The summed E-state index contributed by atoms with van der Waals surface area (Å²) in [5.41, 5.74) is 6.91. The molecule has 0 aromatic carbocycles. The van der Waals surface area contributed by atoms with Gasteiger partial charge in [-0.2, -0.15) is 11.3 Å². The van der Waals surface area contributed by atoms with Crippen LogP contribution in [0.2, 0.25) is 0 Å². The number of amides is 1. The molecule has 0 aliphatic rings. The van der Waals surface area contributed by atoms with Crippen LogP contribution in [0.5, 0.6) is 0 Å². The Bertz CT molecular complexity index is 352. The Morgan fingerprint density at radius 3 is 2.67 bits per heavy atom. The van der Waals surface area contributed by atoms with Crippen LogP contribution < -0.4 is 5.73 Å². The van der Waals surface area contributed by atoms with E-state index in [0.717, 1.165) is 6.42 Å². The van der Waals surface area contributed by atoms with E-state index in [9.17, 15) is 4.79 Å². The number of aryl methyl sites for hydroxylation is 1. The van der Waals surface area contributed by atoms with E-state index in [1.54, 1.807) is 16.2 Å². The summed E-state index contributed by atoms with van der Waals surface area (Å²) in [5.74, 6) is 0.192. The fourth-order valence-corrected chi connectivity index (χ4v) is 2.37. The average Bonchev–Trinajstić information content (AvgIpc) is 2.78. The highest BCUT2D eigenvalue weighted by Gasteiger charge is 2.20. The summed E-state index contributed by atoms with van der Waals surface area (Å²) in [6.45, 7) is 5.46. The van der Waals surface area contributed by atoms with Crippen molar-refractivity contribution in [3.63, 3.8) is 0 Å². The molecule has 1 rings (SSSR count). The Labute approximate surface area is 120 Å². The number of carbonyl (C=O) groups is 1. The molecule has 0 saturated carbocycles. The van der Waals surface area contributed by atoms with E-state index in [4.69, 9.17) is 5.73 Å². The van der Waals surface area contributed by atoms with Gasteiger partial charge in [0, 0.05) is 20.0 Å². The molecule has 1 aromatic rings. The minimum absolute atomic E-state index is 0. The molecular formula is C13H23ClN2OS. The lowest BCUT2D eigenvalue weighted by atomic mass is 9.93. The van der Waals surface area contributed by atoms with E-state index in [1.165, 1.54) is 5.56 Å². The minimum Gasteiger partial charge on any atom is -0.345 e. The highest BCUT2D eigenvalue weighted by Crippen LogP contribution is 2.15. The van der Waals surface area contributed by atoms with Gasteiger partial charge in [0.2, 0.25) is 5.91 Å². The Morgan fingerprint density at radius 2 is 2.17 bits per heavy atom. The molecule has 0 unspecified atom stereocenters. The van der Waals surface area contributed by atoms with Gasteiger partial charge in [-0.05, 0) is 40.8 Å². The number of hydrogen-bond donors (Lipinski definition) is 1. The number of carbonyl (C=O) groups excluding carboxylic acids is 1. The summed E-state index contributed by atoms with van der Waals surface area (Å²) in [7, 11) is 1.85. The number of halogens is 1. The summed E-state index contributed by atoms with van der Waals surface area (Å²) >= 11 is 1.67. The van der Waals surface area contributed by atoms with E-state index in [-0.39, 0.29) is 23.7 Å². The first-order chi connectivity index (χ1) is 7.94. The monoisotopic (exact) mass is 290 g/mol. The average molecular weight is 291 g/mol. The molecule has 0 aliphatic heterocycles. The second-order valence-electron chi connectivity index (χ2n) is 5.25. The predicted molar refractivity (Wildman–Crippen MR) is 80.4 cm³/mol. The minimum atomic E-state index is -0.00715. The van der Waals surface area contributed by atoms with Crippen molar-refractivity contribution in [1.29, 1.82) is 0 Å². The second kappa shape index (κ2) is 7.77. The van der Waals surface area contributed by atoms with Crippen molar-refractivity contribution in [3.8, 4) is 0 Å². The van der Waals surface area contributed by atoms with Gasteiger partial charge < -0.3 is 10.6 Å². The molecule has 104 valence electrons. The van der Waals surface area contributed by atoms with Crippen LogP contribution in [-0.4, -0.2) is 30.9 Å². The molecule has 0 atom stereocenters. The van der Waals surface area contributed by atoms with Crippen LogP contribution >= 0.6 is 23.7 Å². The largest absolute Gasteiger partial charge is 0.345 e. The third-order valence-corrected chi connectivity index (χ3v) is 3.58. The Kier molecular flexibility index (Phi) is 7.52. The zero-order valence-electron chi connectivity index (χ0n) is 11.3. The summed E-state index contributed by atoms with van der Waals surface area (Å²) in [5, 5.41) is 4.14. The molecule has 2 N–H and O–H groups in total. The zero-order chi connectivity index (χ0) is 12.9. The van der Waals surface area contributed by atoms with Gasteiger partial charge in [0.1, 0.15) is 0 Å². The zero-order valence-corrected chi connectivity index (χ0v) is 12.9. The Hall–Kier alpha value is -0.580. The molecule has 1 heterocycles. The number of rotatable bonds is 6. The molecular weight excluding hydrogens is 268 g/mol. The standard InChI is InChI=1S/C13H22N2OS.ClH/c1-13(2,9-14)10-15(3)12(16)5-4-11-6-7-17-8-11;/h6-8H,4-5,9-10,14H2,1-3H3;1H. The molecule has 0 bridgehead atoms. The van der Waals surface area contributed by atoms with E-state index in [2.05, 4.69) is 25.3 Å². The molecule has 0 saturated heterocycles. The summed E-state index contributed by atoms with van der Waals surface area (Å²) < 4.78 is 0. The van der Waals surface area contributed by atoms with Crippen LogP contribution in [0.25, 0.3) is 0 Å². The highest BCUT2D eigenvalue weighted by molar-refractivity contribution is 7.07. The van der Waals surface area contributed by atoms with E-state index in [1.807, 2.05) is 12.4 Å². The van der Waals surface area contributed by atoms with Gasteiger partial charge in [0.15, 0.2) is 0 Å². The van der Waals surface area contributed by atoms with Crippen molar-refractivity contribution < 1.29 is 4.79 Å². The van der Waals surface area contributed by atoms with Gasteiger partial charge in [-0.15, -0.1) is 12.4 Å². The van der Waals surface area contributed by atoms with Gasteiger partial charge >= 0.3 is 0 Å². The molecule has 0 aliphatic carbocycles. The summed E-state index contributed by atoms with van der Waals surface area (Å²) in [6, 6.07) is 2.07. The van der Waals surface area contributed by atoms with Crippen LogP contribution in [0.15, 0.2) is 16.8 Å². The molecule has 0 fully saturated rings.